The number of nitrogens with zero attached hydrogens (tertiary/aromatic N) is 1. The van der Waals surface area contributed by atoms with E-state index in [1.54, 1.807) is 14.2 Å². The van der Waals surface area contributed by atoms with E-state index in [0.717, 1.165) is 56.1 Å². The van der Waals surface area contributed by atoms with Crippen LogP contribution in [0.4, 0.5) is 0 Å². The predicted octanol–water partition coefficient (Wildman–Crippen LogP) is 4.46. The molecule has 1 heterocycles. The molecule has 4 nitrogen and oxygen atoms in total. The Morgan fingerprint density at radius 2 is 1.52 bits per heavy atom. The smallest absolute Gasteiger partial charge is 0.127 e. The summed E-state index contributed by atoms with van der Waals surface area (Å²) in [7, 11) is 3.41. The summed E-state index contributed by atoms with van der Waals surface area (Å²) in [5, 5.41) is 3.61. The second-order valence-electron chi connectivity index (χ2n) is 8.10. The van der Waals surface area contributed by atoms with Crippen molar-refractivity contribution in [3.05, 3.63) is 95.1 Å². The van der Waals surface area contributed by atoms with Crippen molar-refractivity contribution in [3.8, 4) is 11.5 Å². The predicted molar refractivity (Wildman–Crippen MR) is 126 cm³/mol. The zero-order valence-electron chi connectivity index (χ0n) is 18.5. The lowest BCUT2D eigenvalue weighted by Crippen LogP contribution is -2.44. The van der Waals surface area contributed by atoms with E-state index in [4.69, 9.17) is 9.47 Å². The van der Waals surface area contributed by atoms with Crippen molar-refractivity contribution in [1.82, 2.24) is 10.2 Å². The largest absolute Gasteiger partial charge is 0.496 e. The average molecular weight is 417 g/mol. The quantitative estimate of drug-likeness (QED) is 0.522. The minimum atomic E-state index is 0.514. The van der Waals surface area contributed by atoms with Gasteiger partial charge in [-0.05, 0) is 41.7 Å². The van der Waals surface area contributed by atoms with E-state index in [1.807, 2.05) is 18.2 Å². The molecule has 0 saturated carbocycles. The average Bonchev–Trinajstić information content (AvgIpc) is 2.82. The first-order valence-electron chi connectivity index (χ1n) is 11.0. The summed E-state index contributed by atoms with van der Waals surface area (Å²) in [6.07, 6.45) is 2.18. The summed E-state index contributed by atoms with van der Waals surface area (Å²) < 4.78 is 11.1. The van der Waals surface area contributed by atoms with Crippen LogP contribution in [0.2, 0.25) is 0 Å². The van der Waals surface area contributed by atoms with Crippen molar-refractivity contribution >= 4 is 0 Å². The summed E-state index contributed by atoms with van der Waals surface area (Å²) in [5.41, 5.74) is 5.42. The third-order valence-corrected chi connectivity index (χ3v) is 6.19. The minimum absolute atomic E-state index is 0.514. The maximum absolute atomic E-state index is 5.53. The van der Waals surface area contributed by atoms with Gasteiger partial charge in [0.2, 0.25) is 0 Å². The van der Waals surface area contributed by atoms with Crippen molar-refractivity contribution < 1.29 is 9.47 Å². The van der Waals surface area contributed by atoms with E-state index < -0.39 is 0 Å². The molecule has 0 fully saturated rings. The van der Waals surface area contributed by atoms with Crippen molar-refractivity contribution in [2.75, 3.05) is 27.3 Å². The van der Waals surface area contributed by atoms with Gasteiger partial charge in [-0.25, -0.2) is 0 Å². The number of ether oxygens (including phenoxy) is 2. The van der Waals surface area contributed by atoms with Gasteiger partial charge in [-0.1, -0.05) is 60.7 Å². The molecular formula is C27H32N2O2. The van der Waals surface area contributed by atoms with Gasteiger partial charge in [0.25, 0.3) is 0 Å². The van der Waals surface area contributed by atoms with Crippen molar-refractivity contribution in [2.24, 2.45) is 0 Å². The highest BCUT2D eigenvalue weighted by atomic mass is 16.5. The Labute approximate surface area is 185 Å². The van der Waals surface area contributed by atoms with E-state index in [2.05, 4.69) is 64.8 Å². The van der Waals surface area contributed by atoms with Crippen LogP contribution in [0.25, 0.3) is 0 Å². The molecular weight excluding hydrogens is 384 g/mol. The number of hydrogen-bond donors (Lipinski definition) is 1. The molecule has 1 N–H and O–H groups in total. The molecule has 4 heteroatoms. The fourth-order valence-corrected chi connectivity index (χ4v) is 4.53. The summed E-state index contributed by atoms with van der Waals surface area (Å²) >= 11 is 0. The van der Waals surface area contributed by atoms with Crippen LogP contribution >= 0.6 is 0 Å². The highest BCUT2D eigenvalue weighted by Gasteiger charge is 2.25. The third-order valence-electron chi connectivity index (χ3n) is 6.19. The fraction of sp³-hybridized carbons (Fsp3) is 0.333. The molecule has 0 radical (unpaired) electrons. The normalized spacial score (nSPS) is 16.0. The van der Waals surface area contributed by atoms with Crippen molar-refractivity contribution in [3.63, 3.8) is 0 Å². The molecule has 1 aliphatic heterocycles. The van der Waals surface area contributed by atoms with Crippen LogP contribution in [-0.2, 0) is 25.9 Å². The molecule has 1 atom stereocenters. The first-order chi connectivity index (χ1) is 15.3. The molecule has 31 heavy (non-hydrogen) atoms. The van der Waals surface area contributed by atoms with Gasteiger partial charge in [0.1, 0.15) is 11.5 Å². The maximum atomic E-state index is 5.53. The van der Waals surface area contributed by atoms with E-state index in [1.165, 1.54) is 16.7 Å². The van der Waals surface area contributed by atoms with Gasteiger partial charge < -0.3 is 14.8 Å². The molecule has 162 valence electrons. The molecule has 0 saturated heterocycles. The Morgan fingerprint density at radius 3 is 2.23 bits per heavy atom. The van der Waals surface area contributed by atoms with Crippen LogP contribution in [0, 0.1) is 0 Å². The topological polar surface area (TPSA) is 33.7 Å². The Bertz CT molecular complexity index is 952. The van der Waals surface area contributed by atoms with Gasteiger partial charge in [0, 0.05) is 37.8 Å². The Balaban J connectivity index is 1.41. The molecule has 0 spiro atoms. The van der Waals surface area contributed by atoms with Gasteiger partial charge >= 0.3 is 0 Å². The zero-order valence-corrected chi connectivity index (χ0v) is 18.5. The van der Waals surface area contributed by atoms with Crippen LogP contribution < -0.4 is 14.8 Å². The molecule has 3 aromatic carbocycles. The van der Waals surface area contributed by atoms with Gasteiger partial charge in [-0.3, -0.25) is 4.90 Å². The lowest BCUT2D eigenvalue weighted by atomic mass is 9.90. The van der Waals surface area contributed by atoms with E-state index in [0.29, 0.717) is 6.04 Å². The summed E-state index contributed by atoms with van der Waals surface area (Å²) in [4.78, 5) is 2.63. The van der Waals surface area contributed by atoms with Gasteiger partial charge in [0.05, 0.1) is 14.2 Å². The van der Waals surface area contributed by atoms with Crippen LogP contribution in [0.1, 0.15) is 22.3 Å². The van der Waals surface area contributed by atoms with Crippen LogP contribution in [0.5, 0.6) is 11.5 Å². The van der Waals surface area contributed by atoms with E-state index >= 15 is 0 Å². The molecule has 0 bridgehead atoms. The molecule has 1 unspecified atom stereocenters. The van der Waals surface area contributed by atoms with Gasteiger partial charge in [0.15, 0.2) is 0 Å². The SMILES string of the molecule is COc1cccc(OC)c1CNCCN1Cc2ccccc2CC1Cc1ccccc1. The molecule has 4 rings (SSSR count). The number of fused-ring (bicyclic) bond motifs is 1. The summed E-state index contributed by atoms with van der Waals surface area (Å²) in [6, 6.07) is 26.2. The highest BCUT2D eigenvalue weighted by Crippen LogP contribution is 2.28. The third kappa shape index (κ3) is 5.27. The van der Waals surface area contributed by atoms with Crippen LogP contribution in [-0.4, -0.2) is 38.3 Å². The van der Waals surface area contributed by atoms with E-state index in [-0.39, 0.29) is 0 Å². The number of hydrogen-bond acceptors (Lipinski definition) is 4. The molecule has 0 aromatic heterocycles. The first kappa shape index (κ1) is 21.4. The molecule has 3 aromatic rings. The molecule has 0 amide bonds. The second kappa shape index (κ2) is 10.5. The second-order valence-corrected chi connectivity index (χ2v) is 8.10. The van der Waals surface area contributed by atoms with Crippen LogP contribution in [0.3, 0.4) is 0 Å². The van der Waals surface area contributed by atoms with Crippen molar-refractivity contribution in [1.29, 1.82) is 0 Å². The number of benzene rings is 3. The molecule has 1 aliphatic rings. The van der Waals surface area contributed by atoms with Gasteiger partial charge in [-0.2, -0.15) is 0 Å². The summed E-state index contributed by atoms with van der Waals surface area (Å²) in [5.74, 6) is 1.72. The fourth-order valence-electron chi connectivity index (χ4n) is 4.53. The minimum Gasteiger partial charge on any atom is -0.496 e. The molecule has 0 aliphatic carbocycles. The zero-order chi connectivity index (χ0) is 21.5. The number of rotatable bonds is 9. The Hall–Kier alpha value is -2.82. The van der Waals surface area contributed by atoms with E-state index in [9.17, 15) is 0 Å². The van der Waals surface area contributed by atoms with Gasteiger partial charge in [-0.15, -0.1) is 0 Å². The number of methoxy groups -OCH3 is 2. The van der Waals surface area contributed by atoms with Crippen LogP contribution in [0.15, 0.2) is 72.8 Å². The maximum Gasteiger partial charge on any atom is 0.127 e. The number of nitrogens with one attached hydrogen (secondary N) is 1. The lowest BCUT2D eigenvalue weighted by molar-refractivity contribution is 0.170. The summed E-state index contributed by atoms with van der Waals surface area (Å²) in [6.45, 7) is 3.65. The standard InChI is InChI=1S/C27H32N2O2/c1-30-26-13-8-14-27(31-2)25(26)19-28-15-16-29-20-23-12-7-6-11-22(23)18-24(29)17-21-9-4-3-5-10-21/h3-14,24,28H,15-20H2,1-2H3. The Morgan fingerprint density at radius 1 is 0.839 bits per heavy atom. The van der Waals surface area contributed by atoms with Crippen molar-refractivity contribution in [2.45, 2.75) is 32.0 Å². The lowest BCUT2D eigenvalue weighted by Gasteiger charge is -2.37. The monoisotopic (exact) mass is 416 g/mol. The first-order valence-corrected chi connectivity index (χ1v) is 11.0. The highest BCUT2D eigenvalue weighted by molar-refractivity contribution is 5.44. The Kier molecular flexibility index (Phi) is 7.23.